The van der Waals surface area contributed by atoms with E-state index in [1.165, 1.54) is 0 Å². The van der Waals surface area contributed by atoms with E-state index < -0.39 is 0 Å². The summed E-state index contributed by atoms with van der Waals surface area (Å²) in [6.45, 7) is 7.68. The van der Waals surface area contributed by atoms with E-state index in [2.05, 4.69) is 13.5 Å². The molecule has 0 fully saturated rings. The van der Waals surface area contributed by atoms with Crippen molar-refractivity contribution >= 4 is 23.2 Å². The van der Waals surface area contributed by atoms with Crippen LogP contribution in [0.2, 0.25) is 0 Å². The molecule has 0 aromatic rings. The second-order valence-electron chi connectivity index (χ2n) is 3.14. The van der Waals surface area contributed by atoms with Crippen LogP contribution in [0.25, 0.3) is 0 Å². The summed E-state index contributed by atoms with van der Waals surface area (Å²) in [5, 5.41) is 0. The van der Waals surface area contributed by atoms with E-state index in [1.807, 2.05) is 31.2 Å². The molecule has 0 radical (unpaired) electrons. The molecular weight excluding hydrogens is 203 g/mol. The van der Waals surface area contributed by atoms with Gasteiger partial charge in [-0.2, -0.15) is 0 Å². The summed E-state index contributed by atoms with van der Waals surface area (Å²) < 4.78 is 0. The molecule has 1 atom stereocenters. The SMILES string of the molecule is C=C/C=C\C=C/C(C)(CC)C(Cl)Cl. The Kier molecular flexibility index (Phi) is 6.19. The van der Waals surface area contributed by atoms with Crippen molar-refractivity contribution in [2.75, 3.05) is 0 Å². The molecule has 0 saturated heterocycles. The van der Waals surface area contributed by atoms with Crippen molar-refractivity contribution < 1.29 is 0 Å². The van der Waals surface area contributed by atoms with Gasteiger partial charge in [0, 0.05) is 5.41 Å². The van der Waals surface area contributed by atoms with Crippen LogP contribution in [0.15, 0.2) is 37.0 Å². The Bertz CT molecular complexity index is 204. The minimum atomic E-state index is -0.370. The van der Waals surface area contributed by atoms with Crippen molar-refractivity contribution in [3.8, 4) is 0 Å². The fourth-order valence-electron chi connectivity index (χ4n) is 0.763. The van der Waals surface area contributed by atoms with Crippen molar-refractivity contribution in [2.45, 2.75) is 25.1 Å². The van der Waals surface area contributed by atoms with Gasteiger partial charge in [0.05, 0.1) is 0 Å². The molecule has 0 aromatic carbocycles. The van der Waals surface area contributed by atoms with Gasteiger partial charge in [-0.1, -0.05) is 50.8 Å². The minimum Gasteiger partial charge on any atom is -0.104 e. The summed E-state index contributed by atoms with van der Waals surface area (Å²) >= 11 is 11.7. The Morgan fingerprint density at radius 3 is 2.31 bits per heavy atom. The van der Waals surface area contributed by atoms with Crippen LogP contribution in [0, 0.1) is 5.41 Å². The monoisotopic (exact) mass is 218 g/mol. The third-order valence-corrected chi connectivity index (χ3v) is 3.09. The van der Waals surface area contributed by atoms with Gasteiger partial charge in [-0.25, -0.2) is 0 Å². The lowest BCUT2D eigenvalue weighted by atomic mass is 9.89. The molecular formula is C11H16Cl2. The highest BCUT2D eigenvalue weighted by atomic mass is 35.5. The van der Waals surface area contributed by atoms with Crippen LogP contribution < -0.4 is 0 Å². The number of halogens is 2. The van der Waals surface area contributed by atoms with Crippen LogP contribution in [0.4, 0.5) is 0 Å². The van der Waals surface area contributed by atoms with E-state index in [9.17, 15) is 0 Å². The molecule has 1 unspecified atom stereocenters. The molecule has 0 saturated carbocycles. The van der Waals surface area contributed by atoms with Crippen LogP contribution in [0.5, 0.6) is 0 Å². The van der Waals surface area contributed by atoms with Crippen molar-refractivity contribution in [1.29, 1.82) is 0 Å². The topological polar surface area (TPSA) is 0 Å². The van der Waals surface area contributed by atoms with Gasteiger partial charge in [0.2, 0.25) is 0 Å². The molecule has 0 N–H and O–H groups in total. The third-order valence-electron chi connectivity index (χ3n) is 2.10. The van der Waals surface area contributed by atoms with Gasteiger partial charge in [-0.15, -0.1) is 23.2 Å². The van der Waals surface area contributed by atoms with Crippen LogP contribution in [0.3, 0.4) is 0 Å². The van der Waals surface area contributed by atoms with Crippen molar-refractivity contribution in [2.24, 2.45) is 5.41 Å². The number of hydrogen-bond acceptors (Lipinski definition) is 0. The third kappa shape index (κ3) is 4.54. The van der Waals surface area contributed by atoms with E-state index in [0.717, 1.165) is 6.42 Å². The van der Waals surface area contributed by atoms with Gasteiger partial charge in [0.25, 0.3) is 0 Å². The lowest BCUT2D eigenvalue weighted by molar-refractivity contribution is 0.445. The zero-order chi connectivity index (χ0) is 10.3. The van der Waals surface area contributed by atoms with Gasteiger partial charge in [0.15, 0.2) is 0 Å². The first-order chi connectivity index (χ1) is 6.06. The van der Waals surface area contributed by atoms with Crippen molar-refractivity contribution in [3.05, 3.63) is 37.0 Å². The Morgan fingerprint density at radius 2 is 1.92 bits per heavy atom. The molecule has 0 spiro atoms. The standard InChI is InChI=1S/C11H16Cl2/c1-4-6-7-8-9-11(3,5-2)10(12)13/h4,6-10H,1,5H2,2-3H3/b7-6-,9-8-. The molecule has 0 aliphatic heterocycles. The largest absolute Gasteiger partial charge is 0.116 e. The predicted molar refractivity (Wildman–Crippen MR) is 62.4 cm³/mol. The first-order valence-electron chi connectivity index (χ1n) is 4.32. The molecule has 13 heavy (non-hydrogen) atoms. The minimum absolute atomic E-state index is 0.144. The number of alkyl halides is 2. The molecule has 0 rings (SSSR count). The van der Waals surface area contributed by atoms with Crippen LogP contribution in [-0.4, -0.2) is 4.84 Å². The summed E-state index contributed by atoms with van der Waals surface area (Å²) in [5.74, 6) is 0. The Balaban J connectivity index is 4.34. The molecule has 0 heterocycles. The Labute approximate surface area is 90.9 Å². The van der Waals surface area contributed by atoms with Crippen LogP contribution in [0.1, 0.15) is 20.3 Å². The summed E-state index contributed by atoms with van der Waals surface area (Å²) in [6, 6.07) is 0. The predicted octanol–water partition coefficient (Wildman–Crippen LogP) is 4.50. The first-order valence-corrected chi connectivity index (χ1v) is 5.19. The lowest BCUT2D eigenvalue weighted by Gasteiger charge is -2.25. The summed E-state index contributed by atoms with van der Waals surface area (Å²) in [6.07, 6.45) is 10.4. The van der Waals surface area contributed by atoms with Gasteiger partial charge in [-0.3, -0.25) is 0 Å². The fraction of sp³-hybridized carbons (Fsp3) is 0.455. The molecule has 0 aliphatic carbocycles. The van der Waals surface area contributed by atoms with Gasteiger partial charge in [-0.05, 0) is 6.42 Å². The summed E-state index contributed by atoms with van der Waals surface area (Å²) in [7, 11) is 0. The second-order valence-corrected chi connectivity index (χ2v) is 4.24. The maximum atomic E-state index is 5.87. The smallest absolute Gasteiger partial charge is 0.104 e. The van der Waals surface area contributed by atoms with E-state index in [4.69, 9.17) is 23.2 Å². The summed E-state index contributed by atoms with van der Waals surface area (Å²) in [4.78, 5) is -0.370. The molecule has 74 valence electrons. The maximum Gasteiger partial charge on any atom is 0.116 e. The average molecular weight is 219 g/mol. The van der Waals surface area contributed by atoms with E-state index >= 15 is 0 Å². The normalized spacial score (nSPS) is 17.0. The zero-order valence-electron chi connectivity index (χ0n) is 8.13. The van der Waals surface area contributed by atoms with Crippen molar-refractivity contribution in [1.82, 2.24) is 0 Å². The summed E-state index contributed by atoms with van der Waals surface area (Å²) in [5.41, 5.74) is -0.144. The molecule has 0 bridgehead atoms. The van der Waals surface area contributed by atoms with Crippen LogP contribution >= 0.6 is 23.2 Å². The lowest BCUT2D eigenvalue weighted by Crippen LogP contribution is -2.20. The number of hydrogen-bond donors (Lipinski definition) is 0. The Hall–Kier alpha value is -0.200. The van der Waals surface area contributed by atoms with Crippen LogP contribution in [-0.2, 0) is 0 Å². The zero-order valence-corrected chi connectivity index (χ0v) is 9.65. The van der Waals surface area contributed by atoms with E-state index in [-0.39, 0.29) is 10.3 Å². The molecule has 0 aromatic heterocycles. The highest BCUT2D eigenvalue weighted by molar-refractivity contribution is 6.44. The van der Waals surface area contributed by atoms with Crippen molar-refractivity contribution in [3.63, 3.8) is 0 Å². The fourth-order valence-corrected chi connectivity index (χ4v) is 1.22. The average Bonchev–Trinajstić information content (AvgIpc) is 2.12. The van der Waals surface area contributed by atoms with E-state index in [0.29, 0.717) is 0 Å². The Morgan fingerprint density at radius 1 is 1.31 bits per heavy atom. The maximum absolute atomic E-state index is 5.87. The quantitative estimate of drug-likeness (QED) is 0.471. The van der Waals surface area contributed by atoms with Gasteiger partial charge < -0.3 is 0 Å². The highest BCUT2D eigenvalue weighted by Gasteiger charge is 2.26. The van der Waals surface area contributed by atoms with Gasteiger partial charge >= 0.3 is 0 Å². The molecule has 2 heteroatoms. The highest BCUT2D eigenvalue weighted by Crippen LogP contribution is 2.34. The van der Waals surface area contributed by atoms with Gasteiger partial charge in [0.1, 0.15) is 4.84 Å². The number of rotatable bonds is 5. The van der Waals surface area contributed by atoms with E-state index in [1.54, 1.807) is 6.08 Å². The molecule has 0 amide bonds. The first kappa shape index (κ1) is 12.8. The molecule has 0 nitrogen and oxygen atoms in total. The second kappa shape index (κ2) is 6.28. The molecule has 0 aliphatic rings. The number of allylic oxidation sites excluding steroid dienone is 5.